The van der Waals surface area contributed by atoms with Crippen LogP contribution in [0.15, 0.2) is 30.3 Å². The number of hydrogen-bond donors (Lipinski definition) is 2. The van der Waals surface area contributed by atoms with E-state index in [0.29, 0.717) is 22.9 Å². The predicted octanol–water partition coefficient (Wildman–Crippen LogP) is 8.07. The van der Waals surface area contributed by atoms with Gasteiger partial charge in [0.25, 0.3) is 0 Å². The fourth-order valence-electron chi connectivity index (χ4n) is 5.10. The molecular formula is C33H49N3O5. The molecule has 0 heterocycles. The molecule has 1 fully saturated rings. The molecule has 2 N–H and O–H groups in total. The zero-order valence-corrected chi connectivity index (χ0v) is 26.4. The molecule has 0 saturated heterocycles. The maximum atomic E-state index is 13.4. The first-order valence-corrected chi connectivity index (χ1v) is 14.6. The lowest BCUT2D eigenvalue weighted by Crippen LogP contribution is -2.26. The summed E-state index contributed by atoms with van der Waals surface area (Å²) >= 11 is 0. The van der Waals surface area contributed by atoms with Crippen molar-refractivity contribution in [2.45, 2.75) is 91.4 Å². The van der Waals surface area contributed by atoms with Crippen LogP contribution < -0.4 is 25.0 Å². The SMILES string of the molecule is COc1cc(C(C)(C)C)c(OCOC(=O)C(C)(C)C)c(C2CCCCCC2)c1NC(=O)Nc1ccc(N(C)C)cc1. The van der Waals surface area contributed by atoms with Gasteiger partial charge in [-0.1, -0.05) is 46.5 Å². The third-order valence-corrected chi connectivity index (χ3v) is 7.46. The fourth-order valence-corrected chi connectivity index (χ4v) is 5.10. The van der Waals surface area contributed by atoms with Crippen molar-refractivity contribution < 1.29 is 23.8 Å². The molecule has 8 nitrogen and oxygen atoms in total. The lowest BCUT2D eigenvalue weighted by Gasteiger charge is -2.31. The third kappa shape index (κ3) is 8.54. The Morgan fingerprint density at radius 1 is 0.927 bits per heavy atom. The van der Waals surface area contributed by atoms with Crippen LogP contribution in [0.5, 0.6) is 11.5 Å². The first-order valence-electron chi connectivity index (χ1n) is 14.6. The van der Waals surface area contributed by atoms with Crippen molar-refractivity contribution >= 4 is 29.1 Å². The lowest BCUT2D eigenvalue weighted by molar-refractivity contribution is -0.159. The topological polar surface area (TPSA) is 89.1 Å². The average molecular weight is 568 g/mol. The highest BCUT2D eigenvalue weighted by atomic mass is 16.7. The second kappa shape index (κ2) is 13.5. The Hall–Kier alpha value is -3.42. The normalized spacial score (nSPS) is 14.6. The highest BCUT2D eigenvalue weighted by Crippen LogP contribution is 2.50. The van der Waals surface area contributed by atoms with E-state index in [1.807, 2.05) is 70.1 Å². The molecule has 0 aromatic heterocycles. The number of carbonyl (C=O) groups excluding carboxylic acids is 2. The highest BCUT2D eigenvalue weighted by Gasteiger charge is 2.32. The second-order valence-electron chi connectivity index (χ2n) is 13.1. The number of rotatable bonds is 8. The van der Waals surface area contributed by atoms with E-state index in [1.165, 1.54) is 12.8 Å². The summed E-state index contributed by atoms with van der Waals surface area (Å²) < 4.78 is 17.8. The minimum absolute atomic E-state index is 0.150. The number of methoxy groups -OCH3 is 1. The van der Waals surface area contributed by atoms with Gasteiger partial charge in [-0.05, 0) is 75.3 Å². The molecule has 0 unspecified atom stereocenters. The van der Waals surface area contributed by atoms with E-state index in [9.17, 15) is 9.59 Å². The van der Waals surface area contributed by atoms with Gasteiger partial charge >= 0.3 is 12.0 Å². The molecule has 0 bridgehead atoms. The van der Waals surface area contributed by atoms with Crippen molar-refractivity contribution in [3.63, 3.8) is 0 Å². The molecule has 2 amide bonds. The molecule has 0 radical (unpaired) electrons. The molecular weight excluding hydrogens is 518 g/mol. The van der Waals surface area contributed by atoms with E-state index >= 15 is 0 Å². The summed E-state index contributed by atoms with van der Waals surface area (Å²) in [4.78, 5) is 27.9. The van der Waals surface area contributed by atoms with Gasteiger partial charge in [0, 0.05) is 36.6 Å². The minimum atomic E-state index is -0.643. The number of ether oxygens (including phenoxy) is 3. The van der Waals surface area contributed by atoms with E-state index < -0.39 is 5.41 Å². The van der Waals surface area contributed by atoms with Gasteiger partial charge in [0.1, 0.15) is 11.5 Å². The van der Waals surface area contributed by atoms with E-state index in [1.54, 1.807) is 7.11 Å². The van der Waals surface area contributed by atoms with Crippen molar-refractivity contribution in [1.29, 1.82) is 0 Å². The summed E-state index contributed by atoms with van der Waals surface area (Å²) in [5, 5.41) is 6.06. The van der Waals surface area contributed by atoms with Crippen LogP contribution in [0, 0.1) is 5.41 Å². The number of esters is 1. The largest absolute Gasteiger partial charge is 0.495 e. The molecule has 0 spiro atoms. The number of hydrogen-bond acceptors (Lipinski definition) is 6. The number of amides is 2. The molecule has 41 heavy (non-hydrogen) atoms. The van der Waals surface area contributed by atoms with Gasteiger partial charge in [-0.2, -0.15) is 0 Å². The Morgan fingerprint density at radius 3 is 2.05 bits per heavy atom. The van der Waals surface area contributed by atoms with Crippen LogP contribution >= 0.6 is 0 Å². The molecule has 2 aromatic rings. The van der Waals surface area contributed by atoms with Gasteiger partial charge in [0.2, 0.25) is 6.79 Å². The van der Waals surface area contributed by atoms with Crippen LogP contribution in [0.3, 0.4) is 0 Å². The molecule has 0 aliphatic heterocycles. The number of benzene rings is 2. The Balaban J connectivity index is 2.06. The van der Waals surface area contributed by atoms with Gasteiger partial charge < -0.3 is 29.7 Å². The predicted molar refractivity (Wildman–Crippen MR) is 167 cm³/mol. The van der Waals surface area contributed by atoms with Crippen LogP contribution in [0.2, 0.25) is 0 Å². The van der Waals surface area contributed by atoms with Crippen LogP contribution in [0.4, 0.5) is 21.9 Å². The van der Waals surface area contributed by atoms with Crippen LogP contribution in [-0.2, 0) is 14.9 Å². The molecule has 8 heteroatoms. The van der Waals surface area contributed by atoms with E-state index in [2.05, 4.69) is 31.4 Å². The minimum Gasteiger partial charge on any atom is -0.495 e. The van der Waals surface area contributed by atoms with E-state index in [0.717, 1.165) is 42.5 Å². The van der Waals surface area contributed by atoms with Crippen LogP contribution in [0.1, 0.15) is 97.1 Å². The number of nitrogens with one attached hydrogen (secondary N) is 2. The smallest absolute Gasteiger partial charge is 0.323 e. The maximum absolute atomic E-state index is 13.4. The summed E-state index contributed by atoms with van der Waals surface area (Å²) in [6.45, 7) is 11.6. The van der Waals surface area contributed by atoms with Crippen molar-refractivity contribution in [2.24, 2.45) is 5.41 Å². The molecule has 226 valence electrons. The van der Waals surface area contributed by atoms with Gasteiger partial charge in [-0.25, -0.2) is 4.79 Å². The van der Waals surface area contributed by atoms with Gasteiger partial charge in [0.15, 0.2) is 0 Å². The van der Waals surface area contributed by atoms with E-state index in [-0.39, 0.29) is 30.1 Å². The highest BCUT2D eigenvalue weighted by molar-refractivity contribution is 6.02. The average Bonchev–Trinajstić information content (AvgIpc) is 3.17. The first-order chi connectivity index (χ1) is 19.2. The number of carbonyl (C=O) groups is 2. The number of urea groups is 1. The van der Waals surface area contributed by atoms with Crippen LogP contribution in [-0.4, -0.2) is 40.0 Å². The van der Waals surface area contributed by atoms with Crippen molar-refractivity contribution in [3.05, 3.63) is 41.5 Å². The molecule has 1 aliphatic rings. The van der Waals surface area contributed by atoms with Crippen molar-refractivity contribution in [3.8, 4) is 11.5 Å². The molecule has 0 atom stereocenters. The van der Waals surface area contributed by atoms with Crippen molar-refractivity contribution in [1.82, 2.24) is 0 Å². The lowest BCUT2D eigenvalue weighted by atomic mass is 9.80. The standard InChI is InChI=1S/C33H49N3O5/c1-32(2,3)25-20-26(39-9)28(35-31(38)34-23-16-18-24(19-17-23)36(7)8)27(22-14-12-10-11-13-15-22)29(25)40-21-41-30(37)33(4,5)6/h16-20,22H,10-15,21H2,1-9H3,(H2,34,35,38). The number of anilines is 3. The molecule has 1 aliphatic carbocycles. The molecule has 3 rings (SSSR count). The van der Waals surface area contributed by atoms with Gasteiger partial charge in [-0.15, -0.1) is 0 Å². The summed E-state index contributed by atoms with van der Waals surface area (Å²) in [5.41, 5.74) is 3.21. The van der Waals surface area contributed by atoms with Gasteiger partial charge in [-0.3, -0.25) is 4.79 Å². The Morgan fingerprint density at radius 2 is 1.54 bits per heavy atom. The Bertz CT molecular complexity index is 1190. The van der Waals surface area contributed by atoms with Crippen LogP contribution in [0.25, 0.3) is 0 Å². The fraction of sp³-hybridized carbons (Fsp3) is 0.576. The monoisotopic (exact) mass is 567 g/mol. The summed E-state index contributed by atoms with van der Waals surface area (Å²) in [5.74, 6) is 1.04. The Kier molecular flexibility index (Phi) is 10.6. The first kappa shape index (κ1) is 32.1. The zero-order chi connectivity index (χ0) is 30.4. The third-order valence-electron chi connectivity index (χ3n) is 7.46. The quantitative estimate of drug-likeness (QED) is 0.190. The molecule has 1 saturated carbocycles. The summed E-state index contributed by atoms with van der Waals surface area (Å²) in [6.07, 6.45) is 6.48. The van der Waals surface area contributed by atoms with Crippen molar-refractivity contribution in [2.75, 3.05) is 43.5 Å². The summed E-state index contributed by atoms with van der Waals surface area (Å²) in [7, 11) is 5.57. The Labute approximate surface area is 246 Å². The second-order valence-corrected chi connectivity index (χ2v) is 13.1. The summed E-state index contributed by atoms with van der Waals surface area (Å²) in [6, 6.07) is 9.22. The van der Waals surface area contributed by atoms with Gasteiger partial charge in [0.05, 0.1) is 18.2 Å². The molecule has 2 aromatic carbocycles. The van der Waals surface area contributed by atoms with E-state index in [4.69, 9.17) is 14.2 Å². The number of nitrogens with zero attached hydrogens (tertiary/aromatic N) is 1. The zero-order valence-electron chi connectivity index (χ0n) is 26.4. The maximum Gasteiger partial charge on any atom is 0.323 e.